The van der Waals surface area contributed by atoms with E-state index in [2.05, 4.69) is 5.32 Å². The van der Waals surface area contributed by atoms with Crippen molar-refractivity contribution in [3.63, 3.8) is 0 Å². The molecule has 4 heteroatoms. The van der Waals surface area contributed by atoms with Crippen LogP contribution in [0.5, 0.6) is 0 Å². The Bertz CT molecular complexity index is 170. The van der Waals surface area contributed by atoms with Crippen LogP contribution in [-0.4, -0.2) is 34.2 Å². The summed E-state index contributed by atoms with van der Waals surface area (Å²) in [5, 5.41) is 11.8. The van der Waals surface area contributed by atoms with Crippen molar-refractivity contribution >= 4 is 17.7 Å². The quantitative estimate of drug-likeness (QED) is 0.611. The highest BCUT2D eigenvalue weighted by atomic mass is 32.2. The molecule has 0 radical (unpaired) electrons. The summed E-state index contributed by atoms with van der Waals surface area (Å²) in [6.07, 6.45) is 0. The zero-order valence-electron chi connectivity index (χ0n) is 6.76. The monoisotopic (exact) mass is 175 g/mol. The summed E-state index contributed by atoms with van der Waals surface area (Å²) in [6.45, 7) is 4.72. The number of carboxylic acids is 1. The van der Waals surface area contributed by atoms with E-state index in [1.54, 1.807) is 11.8 Å². The van der Waals surface area contributed by atoms with Gasteiger partial charge in [-0.15, -0.1) is 0 Å². The molecule has 0 spiro atoms. The predicted molar refractivity (Wildman–Crippen MR) is 46.0 cm³/mol. The Kier molecular flexibility index (Phi) is 2.44. The van der Waals surface area contributed by atoms with Crippen LogP contribution in [-0.2, 0) is 4.79 Å². The third kappa shape index (κ3) is 1.87. The Balaban J connectivity index is 2.67. The summed E-state index contributed by atoms with van der Waals surface area (Å²) >= 11 is 1.71. The van der Waals surface area contributed by atoms with Gasteiger partial charge in [0.2, 0.25) is 0 Å². The van der Waals surface area contributed by atoms with E-state index in [0.29, 0.717) is 0 Å². The molecule has 3 nitrogen and oxygen atoms in total. The van der Waals surface area contributed by atoms with Crippen molar-refractivity contribution in [2.24, 2.45) is 0 Å². The van der Waals surface area contributed by atoms with Gasteiger partial charge in [-0.25, -0.2) is 0 Å². The summed E-state index contributed by atoms with van der Waals surface area (Å²) in [6, 6.07) is -0.402. The fourth-order valence-corrected chi connectivity index (χ4v) is 2.33. The van der Waals surface area contributed by atoms with Crippen molar-refractivity contribution in [1.82, 2.24) is 5.32 Å². The van der Waals surface area contributed by atoms with Gasteiger partial charge < -0.3 is 10.4 Å². The highest BCUT2D eigenvalue weighted by Gasteiger charge is 2.37. The lowest BCUT2D eigenvalue weighted by atomic mass is 10.0. The van der Waals surface area contributed by atoms with Gasteiger partial charge in [-0.3, -0.25) is 4.79 Å². The van der Waals surface area contributed by atoms with E-state index in [1.807, 2.05) is 13.8 Å². The van der Waals surface area contributed by atoms with Gasteiger partial charge in [0.15, 0.2) is 0 Å². The number of aliphatic carboxylic acids is 1. The molecular weight excluding hydrogens is 162 g/mol. The van der Waals surface area contributed by atoms with Crippen molar-refractivity contribution in [2.45, 2.75) is 24.6 Å². The van der Waals surface area contributed by atoms with Gasteiger partial charge in [-0.2, -0.15) is 11.8 Å². The van der Waals surface area contributed by atoms with Gasteiger partial charge in [0.25, 0.3) is 0 Å². The number of hydrogen-bond donors (Lipinski definition) is 2. The smallest absolute Gasteiger partial charge is 0.322 e. The van der Waals surface area contributed by atoms with Gasteiger partial charge in [-0.05, 0) is 13.8 Å². The number of carboxylic acid groups (broad SMARTS) is 1. The molecule has 64 valence electrons. The molecule has 11 heavy (non-hydrogen) atoms. The number of nitrogens with one attached hydrogen (secondary N) is 1. The standard InChI is InChI=1S/C7H13NO2S/c1-7(2)5(6(9)10)8-3-4-11-7/h5,8H,3-4H2,1-2H3,(H,9,10). The van der Waals surface area contributed by atoms with Crippen LogP contribution in [0.1, 0.15) is 13.8 Å². The molecule has 1 aliphatic heterocycles. The minimum atomic E-state index is -0.748. The third-order valence-electron chi connectivity index (χ3n) is 1.87. The Morgan fingerprint density at radius 2 is 2.36 bits per heavy atom. The predicted octanol–water partition coefficient (Wildman–Crippen LogP) is 0.555. The van der Waals surface area contributed by atoms with Crippen molar-refractivity contribution in [3.8, 4) is 0 Å². The molecule has 0 aromatic heterocycles. The molecule has 1 aliphatic rings. The van der Waals surface area contributed by atoms with E-state index in [1.165, 1.54) is 0 Å². The van der Waals surface area contributed by atoms with Gasteiger partial charge in [0.1, 0.15) is 6.04 Å². The van der Waals surface area contributed by atoms with E-state index >= 15 is 0 Å². The molecular formula is C7H13NO2S. The summed E-state index contributed by atoms with van der Waals surface area (Å²) < 4.78 is -0.177. The minimum absolute atomic E-state index is 0.177. The van der Waals surface area contributed by atoms with Crippen LogP contribution in [0.3, 0.4) is 0 Å². The van der Waals surface area contributed by atoms with Crippen molar-refractivity contribution in [1.29, 1.82) is 0 Å². The Morgan fingerprint density at radius 1 is 1.73 bits per heavy atom. The maximum Gasteiger partial charge on any atom is 0.322 e. The molecule has 0 aromatic carbocycles. The van der Waals surface area contributed by atoms with Crippen LogP contribution in [0.15, 0.2) is 0 Å². The van der Waals surface area contributed by atoms with Crippen molar-refractivity contribution < 1.29 is 9.90 Å². The first-order valence-corrected chi connectivity index (χ1v) is 4.63. The van der Waals surface area contributed by atoms with Gasteiger partial charge in [-0.1, -0.05) is 0 Å². The fraction of sp³-hybridized carbons (Fsp3) is 0.857. The molecule has 2 N–H and O–H groups in total. The number of thioether (sulfide) groups is 1. The van der Waals surface area contributed by atoms with E-state index in [0.717, 1.165) is 12.3 Å². The number of rotatable bonds is 1. The van der Waals surface area contributed by atoms with Gasteiger partial charge in [0, 0.05) is 17.0 Å². The van der Waals surface area contributed by atoms with Gasteiger partial charge >= 0.3 is 5.97 Å². The molecule has 0 saturated carbocycles. The van der Waals surface area contributed by atoms with Crippen molar-refractivity contribution in [2.75, 3.05) is 12.3 Å². The maximum absolute atomic E-state index is 10.7. The summed E-state index contributed by atoms with van der Waals surface area (Å²) in [4.78, 5) is 10.7. The number of carbonyl (C=O) groups is 1. The molecule has 1 heterocycles. The third-order valence-corrected chi connectivity index (χ3v) is 3.25. The molecule has 0 aliphatic carbocycles. The Labute approximate surface area is 70.6 Å². The van der Waals surface area contributed by atoms with E-state index < -0.39 is 12.0 Å². The minimum Gasteiger partial charge on any atom is -0.480 e. The molecule has 1 rings (SSSR count). The first kappa shape index (κ1) is 8.87. The average molecular weight is 175 g/mol. The zero-order chi connectivity index (χ0) is 8.48. The summed E-state index contributed by atoms with van der Waals surface area (Å²) in [5.74, 6) is 0.249. The molecule has 0 aromatic rings. The van der Waals surface area contributed by atoms with E-state index in [9.17, 15) is 4.79 Å². The second-order valence-electron chi connectivity index (χ2n) is 3.18. The Morgan fingerprint density at radius 3 is 2.73 bits per heavy atom. The SMILES string of the molecule is CC1(C)SCCNC1C(=O)O. The van der Waals surface area contributed by atoms with E-state index in [-0.39, 0.29) is 4.75 Å². The van der Waals surface area contributed by atoms with Crippen LogP contribution in [0.25, 0.3) is 0 Å². The van der Waals surface area contributed by atoms with Gasteiger partial charge in [0.05, 0.1) is 0 Å². The Hall–Kier alpha value is -0.220. The molecule has 0 amide bonds. The van der Waals surface area contributed by atoms with Crippen LogP contribution >= 0.6 is 11.8 Å². The lowest BCUT2D eigenvalue weighted by Gasteiger charge is -2.35. The molecule has 1 atom stereocenters. The largest absolute Gasteiger partial charge is 0.480 e. The summed E-state index contributed by atoms with van der Waals surface area (Å²) in [5.41, 5.74) is 0. The maximum atomic E-state index is 10.7. The molecule has 0 bridgehead atoms. The van der Waals surface area contributed by atoms with Crippen LogP contribution in [0, 0.1) is 0 Å². The lowest BCUT2D eigenvalue weighted by Crippen LogP contribution is -2.54. The molecule has 1 saturated heterocycles. The van der Waals surface area contributed by atoms with Crippen molar-refractivity contribution in [3.05, 3.63) is 0 Å². The topological polar surface area (TPSA) is 49.3 Å². The van der Waals surface area contributed by atoms with Crippen LogP contribution in [0.2, 0.25) is 0 Å². The second-order valence-corrected chi connectivity index (χ2v) is 4.93. The molecule has 1 unspecified atom stereocenters. The van der Waals surface area contributed by atoms with Crippen LogP contribution in [0.4, 0.5) is 0 Å². The van der Waals surface area contributed by atoms with E-state index in [4.69, 9.17) is 5.11 Å². The first-order valence-electron chi connectivity index (χ1n) is 3.64. The van der Waals surface area contributed by atoms with Crippen LogP contribution < -0.4 is 5.32 Å². The lowest BCUT2D eigenvalue weighted by molar-refractivity contribution is -0.140. The number of hydrogen-bond acceptors (Lipinski definition) is 3. The molecule has 1 fully saturated rings. The highest BCUT2D eigenvalue weighted by Crippen LogP contribution is 2.30. The normalized spacial score (nSPS) is 29.8. The zero-order valence-corrected chi connectivity index (χ0v) is 7.57. The first-order chi connectivity index (χ1) is 5.04. The summed E-state index contributed by atoms with van der Waals surface area (Å²) in [7, 11) is 0. The average Bonchev–Trinajstić information content (AvgIpc) is 1.85. The fourth-order valence-electron chi connectivity index (χ4n) is 1.23. The highest BCUT2D eigenvalue weighted by molar-refractivity contribution is 8.00. The second kappa shape index (κ2) is 3.03.